The molecule has 0 aliphatic carbocycles. The van der Waals surface area contributed by atoms with Gasteiger partial charge in [0.25, 0.3) is 0 Å². The Balaban J connectivity index is 2.08. The van der Waals surface area contributed by atoms with Crippen LogP contribution in [0.25, 0.3) is 0 Å². The molecule has 5 nitrogen and oxygen atoms in total. The summed E-state index contributed by atoms with van der Waals surface area (Å²) in [6.45, 7) is 1.94. The van der Waals surface area contributed by atoms with Gasteiger partial charge in [0.15, 0.2) is 5.78 Å². The molecule has 3 rings (SSSR count). The number of nitrogens with zero attached hydrogens (tertiary/aromatic N) is 3. The van der Waals surface area contributed by atoms with Gasteiger partial charge in [-0.15, -0.1) is 0 Å². The van der Waals surface area contributed by atoms with Gasteiger partial charge in [0.1, 0.15) is 17.4 Å². The van der Waals surface area contributed by atoms with E-state index in [0.717, 1.165) is 12.0 Å². The van der Waals surface area contributed by atoms with Crippen LogP contribution in [0.5, 0.6) is 0 Å². The van der Waals surface area contributed by atoms with Crippen molar-refractivity contribution >= 4 is 34.7 Å². The first-order chi connectivity index (χ1) is 12.1. The molecular formula is C19H18ClN3O2. The third kappa shape index (κ3) is 3.77. The standard InChI is InChI=1S/C19H18ClN3O2/c1-2-6-14(24)12-23-15-9-10-16(20)22-19(15)18(21-11-17(23)25)13-7-4-3-5-8-13/h3-5,7-10H,2,6,11-12H2,1H3. The van der Waals surface area contributed by atoms with Crippen LogP contribution in [0.1, 0.15) is 31.0 Å². The van der Waals surface area contributed by atoms with Gasteiger partial charge < -0.3 is 4.90 Å². The van der Waals surface area contributed by atoms with Crippen LogP contribution in [0.3, 0.4) is 0 Å². The molecule has 0 bridgehead atoms. The highest BCUT2D eigenvalue weighted by molar-refractivity contribution is 6.30. The Hall–Kier alpha value is -2.53. The Morgan fingerprint density at radius 2 is 1.96 bits per heavy atom. The van der Waals surface area contributed by atoms with E-state index in [2.05, 4.69) is 9.98 Å². The number of fused-ring (bicyclic) bond motifs is 1. The molecule has 128 valence electrons. The number of hydrogen-bond donors (Lipinski definition) is 0. The average Bonchev–Trinajstić information content (AvgIpc) is 2.73. The van der Waals surface area contributed by atoms with Crippen LogP contribution in [0.15, 0.2) is 47.5 Å². The van der Waals surface area contributed by atoms with E-state index >= 15 is 0 Å². The first-order valence-corrected chi connectivity index (χ1v) is 8.56. The van der Waals surface area contributed by atoms with Crippen LogP contribution in [-0.4, -0.2) is 35.5 Å². The molecule has 1 aliphatic heterocycles. The van der Waals surface area contributed by atoms with E-state index in [-0.39, 0.29) is 24.8 Å². The molecule has 25 heavy (non-hydrogen) atoms. The van der Waals surface area contributed by atoms with E-state index in [1.54, 1.807) is 12.1 Å². The number of amides is 1. The van der Waals surface area contributed by atoms with Gasteiger partial charge in [-0.1, -0.05) is 48.9 Å². The zero-order valence-corrected chi connectivity index (χ0v) is 14.7. The lowest BCUT2D eigenvalue weighted by atomic mass is 10.1. The van der Waals surface area contributed by atoms with Gasteiger partial charge in [-0.3, -0.25) is 14.6 Å². The molecule has 0 saturated heterocycles. The summed E-state index contributed by atoms with van der Waals surface area (Å²) in [6.07, 6.45) is 1.19. The number of aliphatic imine (C=N–C) groups is 1. The van der Waals surface area contributed by atoms with Crippen LogP contribution in [0, 0.1) is 0 Å². The van der Waals surface area contributed by atoms with E-state index in [0.29, 0.717) is 28.7 Å². The Kier molecular flexibility index (Phi) is 5.24. The van der Waals surface area contributed by atoms with Crippen molar-refractivity contribution in [1.29, 1.82) is 0 Å². The number of Topliss-reactive ketones (excluding diaryl/α,β-unsaturated/α-hetero) is 1. The maximum absolute atomic E-state index is 12.6. The summed E-state index contributed by atoms with van der Waals surface area (Å²) in [5.41, 5.74) is 2.55. The minimum absolute atomic E-state index is 0.0138. The fourth-order valence-electron chi connectivity index (χ4n) is 2.79. The zero-order chi connectivity index (χ0) is 17.8. The van der Waals surface area contributed by atoms with Gasteiger partial charge in [0, 0.05) is 12.0 Å². The van der Waals surface area contributed by atoms with Crippen molar-refractivity contribution in [3.8, 4) is 0 Å². The molecule has 0 spiro atoms. The Morgan fingerprint density at radius 3 is 2.68 bits per heavy atom. The molecule has 0 N–H and O–H groups in total. The van der Waals surface area contributed by atoms with Crippen LogP contribution < -0.4 is 4.90 Å². The molecule has 0 saturated carbocycles. The van der Waals surface area contributed by atoms with Crippen molar-refractivity contribution in [1.82, 2.24) is 4.98 Å². The maximum Gasteiger partial charge on any atom is 0.249 e. The smallest absolute Gasteiger partial charge is 0.249 e. The first-order valence-electron chi connectivity index (χ1n) is 8.19. The predicted molar refractivity (Wildman–Crippen MR) is 98.5 cm³/mol. The monoisotopic (exact) mass is 355 g/mol. The minimum atomic E-state index is -0.222. The zero-order valence-electron chi connectivity index (χ0n) is 13.9. The lowest BCUT2D eigenvalue weighted by Crippen LogP contribution is -2.37. The van der Waals surface area contributed by atoms with Gasteiger partial charge >= 0.3 is 0 Å². The summed E-state index contributed by atoms with van der Waals surface area (Å²) in [4.78, 5) is 35.0. The largest absolute Gasteiger partial charge is 0.301 e. The predicted octanol–water partition coefficient (Wildman–Crippen LogP) is 3.29. The molecular weight excluding hydrogens is 338 g/mol. The number of hydrogen-bond acceptors (Lipinski definition) is 4. The molecule has 0 atom stereocenters. The number of benzene rings is 1. The number of carbonyl (C=O) groups excluding carboxylic acids is 2. The molecule has 6 heteroatoms. The molecule has 0 radical (unpaired) electrons. The fraction of sp³-hybridized carbons (Fsp3) is 0.263. The van der Waals surface area contributed by atoms with E-state index in [1.165, 1.54) is 4.90 Å². The number of rotatable bonds is 5. The fourth-order valence-corrected chi connectivity index (χ4v) is 2.94. The van der Waals surface area contributed by atoms with Crippen LogP contribution in [-0.2, 0) is 9.59 Å². The highest BCUT2D eigenvalue weighted by Crippen LogP contribution is 2.27. The summed E-state index contributed by atoms with van der Waals surface area (Å²) in [6, 6.07) is 12.9. The topological polar surface area (TPSA) is 62.6 Å². The quantitative estimate of drug-likeness (QED) is 0.773. The molecule has 2 aromatic rings. The lowest BCUT2D eigenvalue weighted by Gasteiger charge is -2.22. The van der Waals surface area contributed by atoms with Crippen molar-refractivity contribution < 1.29 is 9.59 Å². The normalized spacial score (nSPS) is 13.9. The summed E-state index contributed by atoms with van der Waals surface area (Å²) in [5, 5.41) is 0.316. The summed E-state index contributed by atoms with van der Waals surface area (Å²) in [5.74, 6) is -0.208. The van der Waals surface area contributed by atoms with Crippen molar-refractivity contribution in [3.63, 3.8) is 0 Å². The number of carbonyl (C=O) groups is 2. The van der Waals surface area contributed by atoms with Crippen molar-refractivity contribution in [3.05, 3.63) is 58.9 Å². The van der Waals surface area contributed by atoms with E-state index in [9.17, 15) is 9.59 Å². The average molecular weight is 356 g/mol. The summed E-state index contributed by atoms with van der Waals surface area (Å²) >= 11 is 6.09. The number of aromatic nitrogens is 1. The van der Waals surface area contributed by atoms with Gasteiger partial charge in [-0.05, 0) is 18.6 Å². The Bertz CT molecular complexity index is 834. The molecule has 1 aromatic heterocycles. The summed E-state index contributed by atoms with van der Waals surface area (Å²) < 4.78 is 0. The second-order valence-corrected chi connectivity index (χ2v) is 6.19. The van der Waals surface area contributed by atoms with Gasteiger partial charge in [0.2, 0.25) is 5.91 Å². The van der Waals surface area contributed by atoms with Crippen molar-refractivity contribution in [2.24, 2.45) is 4.99 Å². The number of halogens is 1. The van der Waals surface area contributed by atoms with E-state index in [4.69, 9.17) is 11.6 Å². The second kappa shape index (κ2) is 7.57. The molecule has 1 amide bonds. The third-order valence-electron chi connectivity index (χ3n) is 3.94. The number of ketones is 1. The molecule has 2 heterocycles. The van der Waals surface area contributed by atoms with Crippen molar-refractivity contribution in [2.75, 3.05) is 18.0 Å². The summed E-state index contributed by atoms with van der Waals surface area (Å²) in [7, 11) is 0. The second-order valence-electron chi connectivity index (χ2n) is 5.80. The molecule has 0 unspecified atom stereocenters. The van der Waals surface area contributed by atoms with Crippen molar-refractivity contribution in [2.45, 2.75) is 19.8 Å². The Labute approximate surface area is 151 Å². The van der Waals surface area contributed by atoms with Gasteiger partial charge in [-0.25, -0.2) is 4.98 Å². The number of anilines is 1. The lowest BCUT2D eigenvalue weighted by molar-refractivity contribution is -0.122. The number of pyridine rings is 1. The van der Waals surface area contributed by atoms with Crippen LogP contribution in [0.4, 0.5) is 5.69 Å². The Morgan fingerprint density at radius 1 is 1.20 bits per heavy atom. The maximum atomic E-state index is 12.6. The van der Waals surface area contributed by atoms with Gasteiger partial charge in [-0.2, -0.15) is 0 Å². The molecule has 1 aliphatic rings. The van der Waals surface area contributed by atoms with Crippen LogP contribution in [0.2, 0.25) is 5.15 Å². The van der Waals surface area contributed by atoms with Crippen LogP contribution >= 0.6 is 11.6 Å². The highest BCUT2D eigenvalue weighted by Gasteiger charge is 2.27. The van der Waals surface area contributed by atoms with E-state index in [1.807, 2.05) is 37.3 Å². The van der Waals surface area contributed by atoms with Gasteiger partial charge in [0.05, 0.1) is 17.9 Å². The third-order valence-corrected chi connectivity index (χ3v) is 4.15. The first kappa shape index (κ1) is 17.3. The molecule has 0 fully saturated rings. The SMILES string of the molecule is CCCC(=O)CN1C(=O)CN=C(c2ccccc2)c2nc(Cl)ccc21. The van der Waals surface area contributed by atoms with E-state index < -0.39 is 0 Å². The highest BCUT2D eigenvalue weighted by atomic mass is 35.5. The molecule has 1 aromatic carbocycles. The minimum Gasteiger partial charge on any atom is -0.301 e.